The van der Waals surface area contributed by atoms with Crippen molar-refractivity contribution in [1.29, 1.82) is 0 Å². The van der Waals surface area contributed by atoms with E-state index >= 15 is 0 Å². The van der Waals surface area contributed by atoms with Gasteiger partial charge < -0.3 is 15.2 Å². The molecular weight excluding hydrogens is 336 g/mol. The minimum absolute atomic E-state index is 0.178. The van der Waals surface area contributed by atoms with Crippen LogP contribution in [-0.4, -0.2) is 27.9 Å². The molecule has 128 valence electrons. The number of benzene rings is 1. The molecule has 6 nitrogen and oxygen atoms in total. The van der Waals surface area contributed by atoms with Gasteiger partial charge in [-0.15, -0.1) is 11.3 Å². The van der Waals surface area contributed by atoms with Gasteiger partial charge in [0.25, 0.3) is 11.8 Å². The van der Waals surface area contributed by atoms with Crippen molar-refractivity contribution in [3.05, 3.63) is 70.4 Å². The molecule has 0 spiro atoms. The predicted octanol–water partition coefficient (Wildman–Crippen LogP) is 2.71. The van der Waals surface area contributed by atoms with Crippen LogP contribution in [0.25, 0.3) is 0 Å². The van der Waals surface area contributed by atoms with Gasteiger partial charge in [-0.3, -0.25) is 9.59 Å². The molecule has 0 radical (unpaired) electrons. The molecule has 0 saturated heterocycles. The molecular formula is C18H18N4O2S. The molecule has 3 aromatic rings. The number of rotatable bonds is 6. The predicted molar refractivity (Wildman–Crippen MR) is 98.0 cm³/mol. The molecule has 0 aliphatic carbocycles. The van der Waals surface area contributed by atoms with Gasteiger partial charge in [-0.2, -0.15) is 0 Å². The van der Waals surface area contributed by atoms with Gasteiger partial charge in [0, 0.05) is 43.7 Å². The van der Waals surface area contributed by atoms with E-state index in [0.717, 1.165) is 5.82 Å². The lowest BCUT2D eigenvalue weighted by Gasteiger charge is -2.08. The summed E-state index contributed by atoms with van der Waals surface area (Å²) in [6.45, 7) is 0.496. The van der Waals surface area contributed by atoms with Gasteiger partial charge >= 0.3 is 0 Å². The molecule has 0 fully saturated rings. The second kappa shape index (κ2) is 7.76. The first kappa shape index (κ1) is 16.9. The van der Waals surface area contributed by atoms with Gasteiger partial charge in [0.2, 0.25) is 0 Å². The fourth-order valence-electron chi connectivity index (χ4n) is 2.37. The van der Waals surface area contributed by atoms with Crippen LogP contribution in [0, 0.1) is 0 Å². The lowest BCUT2D eigenvalue weighted by molar-refractivity contribution is 0.0952. The summed E-state index contributed by atoms with van der Waals surface area (Å²) in [4.78, 5) is 29.2. The summed E-state index contributed by atoms with van der Waals surface area (Å²) in [5.41, 5.74) is 1.10. The van der Waals surface area contributed by atoms with Crippen molar-refractivity contribution >= 4 is 28.8 Å². The summed E-state index contributed by atoms with van der Waals surface area (Å²) in [7, 11) is 1.92. The van der Waals surface area contributed by atoms with E-state index in [4.69, 9.17) is 0 Å². The third-order valence-corrected chi connectivity index (χ3v) is 4.55. The van der Waals surface area contributed by atoms with E-state index in [1.165, 1.54) is 11.3 Å². The van der Waals surface area contributed by atoms with Crippen molar-refractivity contribution in [2.45, 2.75) is 6.42 Å². The number of anilines is 1. The van der Waals surface area contributed by atoms with Gasteiger partial charge in [0.15, 0.2) is 0 Å². The van der Waals surface area contributed by atoms with Gasteiger partial charge in [-0.1, -0.05) is 12.1 Å². The number of thiophene rings is 1. The Balaban J connectivity index is 1.57. The molecule has 2 amide bonds. The van der Waals surface area contributed by atoms with E-state index in [2.05, 4.69) is 15.6 Å². The molecule has 0 unspecified atom stereocenters. The van der Waals surface area contributed by atoms with E-state index in [1.54, 1.807) is 36.5 Å². The molecule has 7 heteroatoms. The SMILES string of the molecule is Cn1ccnc1CCNC(=O)c1cccc(NC(=O)c2cccs2)c1. The maximum Gasteiger partial charge on any atom is 0.265 e. The molecule has 0 saturated carbocycles. The number of nitrogens with zero attached hydrogens (tertiary/aromatic N) is 2. The van der Waals surface area contributed by atoms with Crippen LogP contribution >= 0.6 is 11.3 Å². The van der Waals surface area contributed by atoms with Crippen molar-refractivity contribution in [2.24, 2.45) is 7.05 Å². The third kappa shape index (κ3) is 4.33. The summed E-state index contributed by atoms with van der Waals surface area (Å²) in [6.07, 6.45) is 4.26. The molecule has 2 N–H and O–H groups in total. The fourth-order valence-corrected chi connectivity index (χ4v) is 2.98. The van der Waals surface area contributed by atoms with E-state index < -0.39 is 0 Å². The quantitative estimate of drug-likeness (QED) is 0.715. The van der Waals surface area contributed by atoms with Gasteiger partial charge in [0.1, 0.15) is 5.82 Å². The zero-order chi connectivity index (χ0) is 17.6. The number of aromatic nitrogens is 2. The summed E-state index contributed by atoms with van der Waals surface area (Å²) in [5.74, 6) is 0.557. The first-order valence-electron chi connectivity index (χ1n) is 7.83. The molecule has 0 bridgehead atoms. The van der Waals surface area contributed by atoms with E-state index in [1.807, 2.05) is 29.3 Å². The Morgan fingerprint density at radius 3 is 2.80 bits per heavy atom. The Morgan fingerprint density at radius 2 is 2.08 bits per heavy atom. The lowest BCUT2D eigenvalue weighted by Crippen LogP contribution is -2.26. The summed E-state index contributed by atoms with van der Waals surface area (Å²) in [6, 6.07) is 10.5. The number of carbonyl (C=O) groups excluding carboxylic acids is 2. The molecule has 2 aromatic heterocycles. The Hall–Kier alpha value is -2.93. The second-order valence-corrected chi connectivity index (χ2v) is 6.42. The topological polar surface area (TPSA) is 76.0 Å². The van der Waals surface area contributed by atoms with Gasteiger partial charge in [-0.05, 0) is 29.6 Å². The standard InChI is InChI=1S/C18H18N4O2S/c1-22-10-9-19-16(22)7-8-20-17(23)13-4-2-5-14(12-13)21-18(24)15-6-3-11-25-15/h2-6,9-12H,7-8H2,1H3,(H,20,23)(H,21,24). The third-order valence-electron chi connectivity index (χ3n) is 3.68. The van der Waals surface area contributed by atoms with Crippen LogP contribution in [0.2, 0.25) is 0 Å². The van der Waals surface area contributed by atoms with Crippen LogP contribution in [0.1, 0.15) is 25.9 Å². The maximum atomic E-state index is 12.3. The molecule has 25 heavy (non-hydrogen) atoms. The summed E-state index contributed by atoms with van der Waals surface area (Å²) < 4.78 is 1.92. The van der Waals surface area contributed by atoms with Crippen LogP contribution in [0.5, 0.6) is 0 Å². The molecule has 3 rings (SSSR count). The van der Waals surface area contributed by atoms with E-state index in [9.17, 15) is 9.59 Å². The van der Waals surface area contributed by atoms with Crippen LogP contribution in [-0.2, 0) is 13.5 Å². The van der Waals surface area contributed by atoms with Crippen molar-refractivity contribution < 1.29 is 9.59 Å². The number of aryl methyl sites for hydroxylation is 1. The van der Waals surface area contributed by atoms with Crippen LogP contribution < -0.4 is 10.6 Å². The number of hydrogen-bond donors (Lipinski definition) is 2. The molecule has 2 heterocycles. The Bertz CT molecular complexity index is 871. The van der Waals surface area contributed by atoms with Crippen molar-refractivity contribution in [3.8, 4) is 0 Å². The number of imidazole rings is 1. The van der Waals surface area contributed by atoms with Crippen molar-refractivity contribution in [2.75, 3.05) is 11.9 Å². The highest BCUT2D eigenvalue weighted by molar-refractivity contribution is 7.12. The van der Waals surface area contributed by atoms with E-state index in [0.29, 0.717) is 29.1 Å². The normalized spacial score (nSPS) is 10.4. The minimum atomic E-state index is -0.179. The first-order chi connectivity index (χ1) is 12.1. The highest BCUT2D eigenvalue weighted by Gasteiger charge is 2.10. The maximum absolute atomic E-state index is 12.3. The average Bonchev–Trinajstić information content (AvgIpc) is 3.27. The minimum Gasteiger partial charge on any atom is -0.352 e. The highest BCUT2D eigenvalue weighted by Crippen LogP contribution is 2.15. The summed E-state index contributed by atoms with van der Waals surface area (Å²) >= 11 is 1.37. The van der Waals surface area contributed by atoms with Crippen LogP contribution in [0.4, 0.5) is 5.69 Å². The lowest BCUT2D eigenvalue weighted by atomic mass is 10.2. The zero-order valence-electron chi connectivity index (χ0n) is 13.7. The van der Waals surface area contributed by atoms with Gasteiger partial charge in [0.05, 0.1) is 4.88 Å². The largest absolute Gasteiger partial charge is 0.352 e. The summed E-state index contributed by atoms with van der Waals surface area (Å²) in [5, 5.41) is 7.52. The Morgan fingerprint density at radius 1 is 1.20 bits per heavy atom. The smallest absolute Gasteiger partial charge is 0.265 e. The van der Waals surface area contributed by atoms with Crippen LogP contribution in [0.15, 0.2) is 54.2 Å². The van der Waals surface area contributed by atoms with Crippen molar-refractivity contribution in [1.82, 2.24) is 14.9 Å². The molecule has 0 aliphatic heterocycles. The number of amides is 2. The van der Waals surface area contributed by atoms with Crippen molar-refractivity contribution in [3.63, 3.8) is 0 Å². The monoisotopic (exact) mass is 354 g/mol. The molecule has 0 aliphatic rings. The van der Waals surface area contributed by atoms with Crippen LogP contribution in [0.3, 0.4) is 0 Å². The number of hydrogen-bond acceptors (Lipinski definition) is 4. The average molecular weight is 354 g/mol. The first-order valence-corrected chi connectivity index (χ1v) is 8.71. The number of nitrogens with one attached hydrogen (secondary N) is 2. The Kier molecular flexibility index (Phi) is 5.25. The van der Waals surface area contributed by atoms with E-state index in [-0.39, 0.29) is 11.8 Å². The molecule has 0 atom stereocenters. The van der Waals surface area contributed by atoms with Gasteiger partial charge in [-0.25, -0.2) is 4.98 Å². The number of carbonyl (C=O) groups is 2. The Labute approximate surface area is 149 Å². The zero-order valence-corrected chi connectivity index (χ0v) is 14.5. The second-order valence-electron chi connectivity index (χ2n) is 5.47. The fraction of sp³-hybridized carbons (Fsp3) is 0.167. The highest BCUT2D eigenvalue weighted by atomic mass is 32.1. The molecule has 1 aromatic carbocycles.